The minimum absolute atomic E-state index is 0.124. The molecule has 0 bridgehead atoms. The number of halogens is 1. The molecule has 0 spiro atoms. The maximum absolute atomic E-state index is 11.8. The van der Waals surface area contributed by atoms with E-state index in [1.807, 2.05) is 24.3 Å². The number of benzene rings is 1. The number of aliphatic hydroxyl groups excluding tert-OH is 1. The van der Waals surface area contributed by atoms with Gasteiger partial charge in [-0.3, -0.25) is 4.90 Å². The van der Waals surface area contributed by atoms with Crippen LogP contribution in [0, 0.1) is 0 Å². The van der Waals surface area contributed by atoms with Crippen molar-refractivity contribution in [2.45, 2.75) is 31.9 Å². The van der Waals surface area contributed by atoms with Crippen LogP contribution in [-0.2, 0) is 0 Å². The molecule has 1 aromatic rings. The summed E-state index contributed by atoms with van der Waals surface area (Å²) >= 11 is 6.10. The lowest BCUT2D eigenvalue weighted by Gasteiger charge is -2.28. The standard InChI is InChI=1S/C16H24ClN3O2/c1-12(21)10-18-16(22)19-11-15(20-7-2-3-8-20)13-5-4-6-14(17)9-13/h4-6,9,12,15,21H,2-3,7-8,10-11H2,1H3,(H2,18,19,22)/t12-,15?/m1/s1. The van der Waals surface area contributed by atoms with E-state index in [-0.39, 0.29) is 18.6 Å². The van der Waals surface area contributed by atoms with Gasteiger partial charge in [0.1, 0.15) is 0 Å². The molecule has 6 heteroatoms. The number of urea groups is 1. The maximum Gasteiger partial charge on any atom is 0.314 e. The van der Waals surface area contributed by atoms with E-state index < -0.39 is 6.10 Å². The smallest absolute Gasteiger partial charge is 0.314 e. The highest BCUT2D eigenvalue weighted by Crippen LogP contribution is 2.26. The van der Waals surface area contributed by atoms with Gasteiger partial charge < -0.3 is 15.7 Å². The zero-order valence-electron chi connectivity index (χ0n) is 12.9. The van der Waals surface area contributed by atoms with Crippen molar-refractivity contribution in [3.63, 3.8) is 0 Å². The SMILES string of the molecule is C[C@@H](O)CNC(=O)NCC(c1cccc(Cl)c1)N1CCCC1. The summed E-state index contributed by atoms with van der Waals surface area (Å²) in [5.74, 6) is 0. The van der Waals surface area contributed by atoms with Gasteiger partial charge in [0.25, 0.3) is 0 Å². The van der Waals surface area contributed by atoms with E-state index in [0.717, 1.165) is 18.7 Å². The second kappa shape index (κ2) is 8.36. The van der Waals surface area contributed by atoms with Crippen molar-refractivity contribution >= 4 is 17.6 Å². The zero-order valence-corrected chi connectivity index (χ0v) is 13.6. The summed E-state index contributed by atoms with van der Waals surface area (Å²) in [6.07, 6.45) is 1.82. The number of hydrogen-bond acceptors (Lipinski definition) is 3. The fraction of sp³-hybridized carbons (Fsp3) is 0.562. The van der Waals surface area contributed by atoms with Crippen molar-refractivity contribution in [2.75, 3.05) is 26.2 Å². The van der Waals surface area contributed by atoms with Gasteiger partial charge in [-0.1, -0.05) is 23.7 Å². The fourth-order valence-electron chi connectivity index (χ4n) is 2.72. The summed E-state index contributed by atoms with van der Waals surface area (Å²) < 4.78 is 0. The molecular weight excluding hydrogens is 302 g/mol. The summed E-state index contributed by atoms with van der Waals surface area (Å²) in [5, 5.41) is 15.4. The van der Waals surface area contributed by atoms with Gasteiger partial charge in [-0.15, -0.1) is 0 Å². The maximum atomic E-state index is 11.8. The number of amides is 2. The van der Waals surface area contributed by atoms with Crippen LogP contribution in [0.1, 0.15) is 31.4 Å². The molecule has 0 aromatic heterocycles. The average molecular weight is 326 g/mol. The Morgan fingerprint density at radius 2 is 2.00 bits per heavy atom. The molecule has 3 N–H and O–H groups in total. The number of carbonyl (C=O) groups is 1. The molecule has 1 aromatic carbocycles. The van der Waals surface area contributed by atoms with Crippen LogP contribution in [0.4, 0.5) is 4.79 Å². The molecule has 0 saturated carbocycles. The first kappa shape index (κ1) is 17.1. The van der Waals surface area contributed by atoms with Crippen LogP contribution in [0.2, 0.25) is 5.02 Å². The Balaban J connectivity index is 1.98. The van der Waals surface area contributed by atoms with Crippen molar-refractivity contribution in [3.8, 4) is 0 Å². The van der Waals surface area contributed by atoms with Crippen LogP contribution in [0.3, 0.4) is 0 Å². The molecule has 1 fully saturated rings. The van der Waals surface area contributed by atoms with Crippen LogP contribution in [0.25, 0.3) is 0 Å². The van der Waals surface area contributed by atoms with E-state index in [9.17, 15) is 9.90 Å². The predicted octanol–water partition coefficient (Wildman–Crippen LogP) is 2.16. The highest BCUT2D eigenvalue weighted by atomic mass is 35.5. The van der Waals surface area contributed by atoms with Crippen molar-refractivity contribution < 1.29 is 9.90 Å². The number of likely N-dealkylation sites (tertiary alicyclic amines) is 1. The van der Waals surface area contributed by atoms with Crippen molar-refractivity contribution in [3.05, 3.63) is 34.9 Å². The number of hydrogen-bond donors (Lipinski definition) is 3. The Morgan fingerprint density at radius 3 is 2.64 bits per heavy atom. The van der Waals surface area contributed by atoms with Gasteiger partial charge in [-0.05, 0) is 50.6 Å². The molecule has 1 aliphatic rings. The van der Waals surface area contributed by atoms with Gasteiger partial charge in [0, 0.05) is 18.1 Å². The Kier molecular flexibility index (Phi) is 6.49. The fourth-order valence-corrected chi connectivity index (χ4v) is 2.92. The van der Waals surface area contributed by atoms with Crippen LogP contribution < -0.4 is 10.6 Å². The molecule has 22 heavy (non-hydrogen) atoms. The molecular formula is C16H24ClN3O2. The first-order valence-electron chi connectivity index (χ1n) is 7.75. The first-order valence-corrected chi connectivity index (χ1v) is 8.13. The number of nitrogens with zero attached hydrogens (tertiary/aromatic N) is 1. The minimum atomic E-state index is -0.548. The van der Waals surface area contributed by atoms with Crippen LogP contribution >= 0.6 is 11.6 Å². The number of carbonyl (C=O) groups excluding carboxylic acids is 1. The molecule has 1 aliphatic heterocycles. The average Bonchev–Trinajstić information content (AvgIpc) is 2.99. The van der Waals surface area contributed by atoms with Gasteiger partial charge in [-0.25, -0.2) is 4.79 Å². The van der Waals surface area contributed by atoms with E-state index in [2.05, 4.69) is 15.5 Å². The van der Waals surface area contributed by atoms with Gasteiger partial charge in [0.15, 0.2) is 0 Å². The molecule has 1 heterocycles. The predicted molar refractivity (Wildman–Crippen MR) is 88.1 cm³/mol. The molecule has 5 nitrogen and oxygen atoms in total. The van der Waals surface area contributed by atoms with Crippen molar-refractivity contribution in [1.29, 1.82) is 0 Å². The van der Waals surface area contributed by atoms with Gasteiger partial charge >= 0.3 is 6.03 Å². The monoisotopic (exact) mass is 325 g/mol. The molecule has 2 atom stereocenters. The zero-order chi connectivity index (χ0) is 15.9. The van der Waals surface area contributed by atoms with E-state index in [1.165, 1.54) is 12.8 Å². The second-order valence-electron chi connectivity index (χ2n) is 5.75. The molecule has 122 valence electrons. The molecule has 1 saturated heterocycles. The van der Waals surface area contributed by atoms with Gasteiger partial charge in [0.2, 0.25) is 0 Å². The van der Waals surface area contributed by atoms with Gasteiger partial charge in [-0.2, -0.15) is 0 Å². The van der Waals surface area contributed by atoms with Crippen LogP contribution in [-0.4, -0.2) is 48.3 Å². The summed E-state index contributed by atoms with van der Waals surface area (Å²) in [6, 6.07) is 7.67. The summed E-state index contributed by atoms with van der Waals surface area (Å²) in [7, 11) is 0. The Bertz CT molecular complexity index is 490. The Labute approximate surface area is 136 Å². The number of aliphatic hydroxyl groups is 1. The van der Waals surface area contributed by atoms with Crippen molar-refractivity contribution in [1.82, 2.24) is 15.5 Å². The summed E-state index contributed by atoms with van der Waals surface area (Å²) in [6.45, 7) is 4.48. The summed E-state index contributed by atoms with van der Waals surface area (Å²) in [4.78, 5) is 14.2. The first-order chi connectivity index (χ1) is 10.6. The quantitative estimate of drug-likeness (QED) is 0.751. The normalized spacial score (nSPS) is 18.0. The van der Waals surface area contributed by atoms with E-state index in [4.69, 9.17) is 11.6 Å². The van der Waals surface area contributed by atoms with E-state index >= 15 is 0 Å². The molecule has 0 aliphatic carbocycles. The number of rotatable bonds is 6. The lowest BCUT2D eigenvalue weighted by Crippen LogP contribution is -2.43. The third-order valence-electron chi connectivity index (χ3n) is 3.83. The Morgan fingerprint density at radius 1 is 1.32 bits per heavy atom. The van der Waals surface area contributed by atoms with Crippen LogP contribution in [0.15, 0.2) is 24.3 Å². The topological polar surface area (TPSA) is 64.6 Å². The number of nitrogens with one attached hydrogen (secondary N) is 2. The largest absolute Gasteiger partial charge is 0.392 e. The molecule has 2 amide bonds. The lowest BCUT2D eigenvalue weighted by atomic mass is 10.1. The Hall–Kier alpha value is -1.30. The highest BCUT2D eigenvalue weighted by Gasteiger charge is 2.24. The highest BCUT2D eigenvalue weighted by molar-refractivity contribution is 6.30. The van der Waals surface area contributed by atoms with E-state index in [0.29, 0.717) is 11.6 Å². The molecule has 0 radical (unpaired) electrons. The molecule has 1 unspecified atom stereocenters. The lowest BCUT2D eigenvalue weighted by molar-refractivity contribution is 0.185. The van der Waals surface area contributed by atoms with Crippen molar-refractivity contribution in [2.24, 2.45) is 0 Å². The third kappa shape index (κ3) is 5.16. The van der Waals surface area contributed by atoms with Gasteiger partial charge in [0.05, 0.1) is 12.1 Å². The second-order valence-corrected chi connectivity index (χ2v) is 6.19. The van der Waals surface area contributed by atoms with Crippen LogP contribution in [0.5, 0.6) is 0 Å². The molecule has 2 rings (SSSR count). The third-order valence-corrected chi connectivity index (χ3v) is 4.06. The van der Waals surface area contributed by atoms with E-state index in [1.54, 1.807) is 6.92 Å². The summed E-state index contributed by atoms with van der Waals surface area (Å²) in [5.41, 5.74) is 1.12. The minimum Gasteiger partial charge on any atom is -0.392 e.